The molecule has 0 fully saturated rings. The third-order valence-electron chi connectivity index (χ3n) is 2.60. The van der Waals surface area contributed by atoms with Crippen molar-refractivity contribution in [3.63, 3.8) is 0 Å². The van der Waals surface area contributed by atoms with Crippen LogP contribution in [0.2, 0.25) is 0 Å². The van der Waals surface area contributed by atoms with Gasteiger partial charge in [0, 0.05) is 7.05 Å². The molecule has 0 atom stereocenters. The number of aromatic nitrogens is 2. The summed E-state index contributed by atoms with van der Waals surface area (Å²) in [5.74, 6) is -0.215. The fourth-order valence-electron chi connectivity index (χ4n) is 1.66. The Balaban J connectivity index is 2.32. The van der Waals surface area contributed by atoms with Gasteiger partial charge in [-0.05, 0) is 31.2 Å². The van der Waals surface area contributed by atoms with E-state index >= 15 is 0 Å². The van der Waals surface area contributed by atoms with Crippen LogP contribution in [0.4, 0.5) is 0 Å². The number of rotatable bonds is 3. The Labute approximate surface area is 109 Å². The maximum Gasteiger partial charge on any atom is 0.335 e. The van der Waals surface area contributed by atoms with Crippen LogP contribution in [0.1, 0.15) is 21.6 Å². The molecule has 0 radical (unpaired) electrons. The molecule has 1 heterocycles. The number of benzene rings is 1. The summed E-state index contributed by atoms with van der Waals surface area (Å²) in [4.78, 5) is 10.7. The van der Waals surface area contributed by atoms with E-state index in [0.29, 0.717) is 22.9 Å². The summed E-state index contributed by atoms with van der Waals surface area (Å²) >= 11 is 0. The number of hydrogen-bond acceptors (Lipinski definition) is 4. The molecular formula is C13H11N3O3. The van der Waals surface area contributed by atoms with E-state index in [2.05, 4.69) is 5.10 Å². The number of aromatic carboxylic acids is 1. The number of aryl methyl sites for hydroxylation is 2. The lowest BCUT2D eigenvalue weighted by Crippen LogP contribution is -1.98. The van der Waals surface area contributed by atoms with E-state index in [4.69, 9.17) is 15.1 Å². The molecule has 0 aliphatic carbocycles. The monoisotopic (exact) mass is 257 g/mol. The first kappa shape index (κ1) is 12.6. The Kier molecular flexibility index (Phi) is 3.21. The normalized spacial score (nSPS) is 9.95. The van der Waals surface area contributed by atoms with Crippen LogP contribution in [0.25, 0.3) is 0 Å². The standard InChI is InChI=1S/C13H11N3O3/c1-8-11(7-14)12(16(2)15-8)19-10-5-3-9(4-6-10)13(17)18/h3-6H,1-2H3,(H,17,18). The molecule has 1 aromatic heterocycles. The van der Waals surface area contributed by atoms with Gasteiger partial charge in [-0.3, -0.25) is 0 Å². The number of carboxylic acids is 1. The van der Waals surface area contributed by atoms with Gasteiger partial charge in [-0.25, -0.2) is 9.48 Å². The average Bonchev–Trinajstić information content (AvgIpc) is 2.64. The smallest absolute Gasteiger partial charge is 0.335 e. The third-order valence-corrected chi connectivity index (χ3v) is 2.60. The Morgan fingerprint density at radius 2 is 2.05 bits per heavy atom. The lowest BCUT2D eigenvalue weighted by molar-refractivity contribution is 0.0697. The highest BCUT2D eigenvalue weighted by molar-refractivity contribution is 5.87. The highest BCUT2D eigenvalue weighted by Crippen LogP contribution is 2.26. The fourth-order valence-corrected chi connectivity index (χ4v) is 1.66. The van der Waals surface area contributed by atoms with Crippen LogP contribution in [-0.2, 0) is 7.05 Å². The first-order valence-corrected chi connectivity index (χ1v) is 5.48. The van der Waals surface area contributed by atoms with Crippen LogP contribution >= 0.6 is 0 Å². The zero-order valence-corrected chi connectivity index (χ0v) is 10.4. The first-order chi connectivity index (χ1) is 9.02. The number of ether oxygens (including phenoxy) is 1. The summed E-state index contributed by atoms with van der Waals surface area (Å²) in [7, 11) is 1.68. The molecule has 6 heteroatoms. The molecule has 0 amide bonds. The van der Waals surface area contributed by atoms with Gasteiger partial charge in [0.2, 0.25) is 5.88 Å². The summed E-state index contributed by atoms with van der Waals surface area (Å²) < 4.78 is 7.04. The van der Waals surface area contributed by atoms with E-state index in [1.807, 2.05) is 6.07 Å². The maximum atomic E-state index is 10.7. The summed E-state index contributed by atoms with van der Waals surface area (Å²) in [6.07, 6.45) is 0. The van der Waals surface area contributed by atoms with Crippen molar-refractivity contribution >= 4 is 5.97 Å². The lowest BCUT2D eigenvalue weighted by atomic mass is 10.2. The molecule has 0 aliphatic heterocycles. The van der Waals surface area contributed by atoms with Crippen molar-refractivity contribution in [3.8, 4) is 17.7 Å². The van der Waals surface area contributed by atoms with E-state index < -0.39 is 5.97 Å². The van der Waals surface area contributed by atoms with Crippen molar-refractivity contribution in [3.05, 3.63) is 41.1 Å². The Bertz CT molecular complexity index is 666. The molecule has 96 valence electrons. The second kappa shape index (κ2) is 4.82. The summed E-state index contributed by atoms with van der Waals surface area (Å²) in [5.41, 5.74) is 1.13. The van der Waals surface area contributed by atoms with Crippen molar-refractivity contribution in [2.24, 2.45) is 7.05 Å². The van der Waals surface area contributed by atoms with Crippen molar-refractivity contribution in [1.29, 1.82) is 5.26 Å². The van der Waals surface area contributed by atoms with Crippen LogP contribution in [-0.4, -0.2) is 20.9 Å². The topological polar surface area (TPSA) is 88.1 Å². The second-order valence-electron chi connectivity index (χ2n) is 3.93. The average molecular weight is 257 g/mol. The highest BCUT2D eigenvalue weighted by Gasteiger charge is 2.15. The lowest BCUT2D eigenvalue weighted by Gasteiger charge is -2.06. The minimum absolute atomic E-state index is 0.175. The molecule has 19 heavy (non-hydrogen) atoms. The minimum Gasteiger partial charge on any atom is -0.478 e. The predicted molar refractivity (Wildman–Crippen MR) is 66.1 cm³/mol. The third kappa shape index (κ3) is 2.40. The van der Waals surface area contributed by atoms with Gasteiger partial charge in [0.05, 0.1) is 11.3 Å². The molecule has 0 unspecified atom stereocenters. The van der Waals surface area contributed by atoms with Gasteiger partial charge in [0.15, 0.2) is 0 Å². The van der Waals surface area contributed by atoms with Gasteiger partial charge >= 0.3 is 5.97 Å². The van der Waals surface area contributed by atoms with E-state index in [9.17, 15) is 4.79 Å². The van der Waals surface area contributed by atoms with E-state index in [1.54, 1.807) is 14.0 Å². The number of hydrogen-bond donors (Lipinski definition) is 1. The first-order valence-electron chi connectivity index (χ1n) is 5.48. The minimum atomic E-state index is -0.999. The molecule has 0 aliphatic rings. The van der Waals surface area contributed by atoms with E-state index in [1.165, 1.54) is 28.9 Å². The van der Waals surface area contributed by atoms with Crippen LogP contribution in [0, 0.1) is 18.3 Å². The summed E-state index contributed by atoms with van der Waals surface area (Å²) in [6.45, 7) is 1.72. The van der Waals surface area contributed by atoms with Crippen molar-refractivity contribution in [2.75, 3.05) is 0 Å². The van der Waals surface area contributed by atoms with E-state index in [-0.39, 0.29) is 5.56 Å². The fraction of sp³-hybridized carbons (Fsp3) is 0.154. The zero-order chi connectivity index (χ0) is 14.0. The van der Waals surface area contributed by atoms with Crippen molar-refractivity contribution in [2.45, 2.75) is 6.92 Å². The number of nitriles is 1. The second-order valence-corrected chi connectivity index (χ2v) is 3.93. The van der Waals surface area contributed by atoms with Gasteiger partial charge in [0.1, 0.15) is 17.4 Å². The van der Waals surface area contributed by atoms with Crippen LogP contribution < -0.4 is 4.74 Å². The van der Waals surface area contributed by atoms with Gasteiger partial charge in [-0.15, -0.1) is 0 Å². The Morgan fingerprint density at radius 3 is 2.58 bits per heavy atom. The highest BCUT2D eigenvalue weighted by atomic mass is 16.5. The molecule has 1 aromatic carbocycles. The number of carboxylic acid groups (broad SMARTS) is 1. The van der Waals surface area contributed by atoms with Gasteiger partial charge < -0.3 is 9.84 Å². The maximum absolute atomic E-state index is 10.7. The number of nitrogens with zero attached hydrogens (tertiary/aromatic N) is 3. The largest absolute Gasteiger partial charge is 0.478 e. The van der Waals surface area contributed by atoms with Gasteiger partial charge in [0.25, 0.3) is 0 Å². The quantitative estimate of drug-likeness (QED) is 0.909. The molecule has 2 aromatic rings. The molecule has 0 bridgehead atoms. The van der Waals surface area contributed by atoms with Crippen LogP contribution in [0.15, 0.2) is 24.3 Å². The van der Waals surface area contributed by atoms with E-state index in [0.717, 1.165) is 0 Å². The Hall–Kier alpha value is -2.81. The van der Waals surface area contributed by atoms with Crippen molar-refractivity contribution < 1.29 is 14.6 Å². The predicted octanol–water partition coefficient (Wildman–Crippen LogP) is 2.09. The SMILES string of the molecule is Cc1nn(C)c(Oc2ccc(C(=O)O)cc2)c1C#N. The molecule has 6 nitrogen and oxygen atoms in total. The molecule has 2 rings (SSSR count). The summed E-state index contributed by atoms with van der Waals surface area (Å²) in [5, 5.41) is 21.9. The van der Waals surface area contributed by atoms with Crippen LogP contribution in [0.3, 0.4) is 0 Å². The summed E-state index contributed by atoms with van der Waals surface area (Å²) in [6, 6.07) is 7.98. The molecular weight excluding hydrogens is 246 g/mol. The van der Waals surface area contributed by atoms with Gasteiger partial charge in [-0.1, -0.05) is 0 Å². The molecule has 0 spiro atoms. The number of carbonyl (C=O) groups is 1. The zero-order valence-electron chi connectivity index (χ0n) is 10.4. The van der Waals surface area contributed by atoms with Gasteiger partial charge in [-0.2, -0.15) is 10.4 Å². The van der Waals surface area contributed by atoms with Crippen molar-refractivity contribution in [1.82, 2.24) is 9.78 Å². The molecule has 0 saturated heterocycles. The van der Waals surface area contributed by atoms with Crippen LogP contribution in [0.5, 0.6) is 11.6 Å². The molecule has 1 N–H and O–H groups in total. The molecule has 0 saturated carbocycles. The Morgan fingerprint density at radius 1 is 1.42 bits per heavy atom.